The molecule has 1 N–H and O–H groups in total. The largest absolute Gasteiger partial charge is 0.492 e. The first kappa shape index (κ1) is 12.0. The summed E-state index contributed by atoms with van der Waals surface area (Å²) in [6, 6.07) is 7.77. The molecule has 1 aliphatic heterocycles. The summed E-state index contributed by atoms with van der Waals surface area (Å²) in [7, 11) is 0. The van der Waals surface area contributed by atoms with Gasteiger partial charge in [-0.3, -0.25) is 4.79 Å². The van der Waals surface area contributed by atoms with Gasteiger partial charge in [-0.05, 0) is 24.8 Å². The van der Waals surface area contributed by atoms with E-state index in [1.807, 2.05) is 24.3 Å². The third-order valence-electron chi connectivity index (χ3n) is 3.62. The summed E-state index contributed by atoms with van der Waals surface area (Å²) in [5.74, 6) is 1.51. The van der Waals surface area contributed by atoms with Crippen LogP contribution in [0, 0.1) is 5.92 Å². The fraction of sp³-hybridized carbons (Fsp3) is 0.500. The molecule has 1 saturated carbocycles. The molecule has 3 nitrogen and oxygen atoms in total. The van der Waals surface area contributed by atoms with Crippen LogP contribution in [-0.2, 0) is 4.79 Å². The number of halogens is 1. The van der Waals surface area contributed by atoms with Crippen LogP contribution in [0.25, 0.3) is 0 Å². The number of fused-ring (bicyclic) bond motifs is 1. The summed E-state index contributed by atoms with van der Waals surface area (Å²) in [5.41, 5.74) is 1.01. The Balaban J connectivity index is 1.60. The van der Waals surface area contributed by atoms with E-state index in [0.29, 0.717) is 18.0 Å². The van der Waals surface area contributed by atoms with Gasteiger partial charge in [0.2, 0.25) is 5.91 Å². The van der Waals surface area contributed by atoms with E-state index in [9.17, 15) is 4.79 Å². The van der Waals surface area contributed by atoms with Gasteiger partial charge in [0.1, 0.15) is 18.3 Å². The molecular weight excluding hydrogens is 294 g/mol. The van der Waals surface area contributed by atoms with E-state index < -0.39 is 0 Å². The van der Waals surface area contributed by atoms with Gasteiger partial charge in [0, 0.05) is 16.9 Å². The number of nitrogens with one attached hydrogen (secondary N) is 1. The predicted molar refractivity (Wildman–Crippen MR) is 73.1 cm³/mol. The molecule has 1 heterocycles. The third-order valence-corrected chi connectivity index (χ3v) is 4.69. The molecule has 0 bridgehead atoms. The summed E-state index contributed by atoms with van der Waals surface area (Å²) < 4.78 is 5.53. The van der Waals surface area contributed by atoms with Crippen molar-refractivity contribution in [2.24, 2.45) is 5.92 Å². The maximum Gasteiger partial charge on any atom is 0.231 e. The second kappa shape index (κ2) is 4.92. The Morgan fingerprint density at radius 1 is 1.44 bits per heavy atom. The first-order valence-electron chi connectivity index (χ1n) is 6.39. The van der Waals surface area contributed by atoms with Crippen LogP contribution in [0.1, 0.15) is 24.3 Å². The van der Waals surface area contributed by atoms with Crippen molar-refractivity contribution in [3.63, 3.8) is 0 Å². The lowest BCUT2D eigenvalue weighted by Crippen LogP contribution is -2.34. The van der Waals surface area contributed by atoms with Crippen molar-refractivity contribution in [1.29, 1.82) is 0 Å². The summed E-state index contributed by atoms with van der Waals surface area (Å²) >= 11 is 3.63. The average Bonchev–Trinajstić information content (AvgIpc) is 3.15. The lowest BCUT2D eigenvalue weighted by Gasteiger charge is -2.13. The molecule has 0 aromatic heterocycles. The highest BCUT2D eigenvalue weighted by Gasteiger charge is 2.32. The number of alkyl halides is 1. The van der Waals surface area contributed by atoms with Crippen LogP contribution in [0.2, 0.25) is 0 Å². The fourth-order valence-corrected chi connectivity index (χ4v) is 3.02. The number of benzene rings is 1. The quantitative estimate of drug-likeness (QED) is 0.868. The van der Waals surface area contributed by atoms with Crippen LogP contribution in [0.4, 0.5) is 0 Å². The van der Waals surface area contributed by atoms with Gasteiger partial charge < -0.3 is 10.1 Å². The molecule has 2 unspecified atom stereocenters. The Hall–Kier alpha value is -1.03. The summed E-state index contributed by atoms with van der Waals surface area (Å²) in [6.07, 6.45) is 2.56. The minimum Gasteiger partial charge on any atom is -0.492 e. The average molecular weight is 310 g/mol. The molecule has 1 fully saturated rings. The fourth-order valence-electron chi connectivity index (χ4n) is 2.33. The van der Waals surface area contributed by atoms with Crippen LogP contribution in [0.15, 0.2) is 24.3 Å². The van der Waals surface area contributed by atoms with Gasteiger partial charge >= 0.3 is 0 Å². The molecule has 2 atom stereocenters. The van der Waals surface area contributed by atoms with Crippen molar-refractivity contribution in [3.8, 4) is 5.75 Å². The molecule has 0 saturated heterocycles. The van der Waals surface area contributed by atoms with E-state index in [1.54, 1.807) is 0 Å². The van der Waals surface area contributed by atoms with Crippen LogP contribution < -0.4 is 10.1 Å². The van der Waals surface area contributed by atoms with Crippen molar-refractivity contribution in [2.45, 2.75) is 23.6 Å². The molecule has 96 valence electrons. The van der Waals surface area contributed by atoms with Gasteiger partial charge in [-0.15, -0.1) is 0 Å². The molecule has 1 aromatic carbocycles. The highest BCUT2D eigenvalue weighted by Crippen LogP contribution is 2.37. The zero-order valence-electron chi connectivity index (χ0n) is 10.1. The van der Waals surface area contributed by atoms with Crippen molar-refractivity contribution in [3.05, 3.63) is 29.8 Å². The Morgan fingerprint density at radius 3 is 3.00 bits per heavy atom. The Morgan fingerprint density at radius 2 is 2.22 bits per heavy atom. The smallest absolute Gasteiger partial charge is 0.231 e. The number of para-hydroxylation sites is 1. The zero-order valence-corrected chi connectivity index (χ0v) is 11.7. The first-order valence-corrected chi connectivity index (χ1v) is 7.31. The highest BCUT2D eigenvalue weighted by molar-refractivity contribution is 9.09. The number of hydrogen-bond donors (Lipinski definition) is 1. The Kier molecular flexibility index (Phi) is 3.29. The van der Waals surface area contributed by atoms with Crippen LogP contribution in [0.3, 0.4) is 0 Å². The van der Waals surface area contributed by atoms with Gasteiger partial charge in [-0.25, -0.2) is 0 Å². The Bertz CT molecular complexity index is 459. The van der Waals surface area contributed by atoms with Gasteiger partial charge in [-0.2, -0.15) is 0 Å². The van der Waals surface area contributed by atoms with Crippen molar-refractivity contribution >= 4 is 21.8 Å². The Labute approximate surface area is 115 Å². The minimum atomic E-state index is -0.153. The van der Waals surface area contributed by atoms with Gasteiger partial charge in [0.15, 0.2) is 0 Å². The number of rotatable bonds is 4. The summed E-state index contributed by atoms with van der Waals surface area (Å²) in [4.78, 5) is 12.6. The van der Waals surface area contributed by atoms with Gasteiger partial charge in [-0.1, -0.05) is 34.1 Å². The third kappa shape index (κ3) is 2.39. The van der Waals surface area contributed by atoms with E-state index in [2.05, 4.69) is 21.2 Å². The molecule has 18 heavy (non-hydrogen) atoms. The predicted octanol–water partition coefficient (Wildman–Crippen LogP) is 2.45. The lowest BCUT2D eigenvalue weighted by atomic mass is 10.0. The van der Waals surface area contributed by atoms with Gasteiger partial charge in [0.25, 0.3) is 0 Å². The number of amides is 1. The van der Waals surface area contributed by atoms with E-state index in [-0.39, 0.29) is 11.8 Å². The van der Waals surface area contributed by atoms with Crippen LogP contribution >= 0.6 is 15.9 Å². The molecule has 1 amide bonds. The topological polar surface area (TPSA) is 38.3 Å². The lowest BCUT2D eigenvalue weighted by molar-refractivity contribution is -0.122. The second-order valence-corrected chi connectivity index (χ2v) is 6.18. The normalized spacial score (nSPS) is 23.1. The number of ether oxygens (including phenoxy) is 1. The molecular formula is C14H16BrNO2. The highest BCUT2D eigenvalue weighted by atomic mass is 79.9. The zero-order chi connectivity index (χ0) is 12.5. The number of carbonyl (C=O) groups is 1. The molecule has 0 spiro atoms. The van der Waals surface area contributed by atoms with E-state index in [4.69, 9.17) is 4.74 Å². The molecule has 2 aliphatic rings. The molecule has 3 rings (SSSR count). The summed E-state index contributed by atoms with van der Waals surface area (Å²) in [5, 5.41) is 3.02. The summed E-state index contributed by atoms with van der Waals surface area (Å²) in [6.45, 7) is 1.17. The molecule has 0 radical (unpaired) electrons. The van der Waals surface area contributed by atoms with E-state index in [0.717, 1.165) is 17.2 Å². The minimum absolute atomic E-state index is 0.0741. The number of carbonyl (C=O) groups excluding carboxylic acids is 1. The first-order chi connectivity index (χ1) is 8.75. The SMILES string of the molecule is O=C(NCC(Br)C1CC1)C1COc2ccccc21. The van der Waals surface area contributed by atoms with E-state index >= 15 is 0 Å². The second-order valence-electron chi connectivity index (χ2n) is 5.00. The number of hydrogen-bond acceptors (Lipinski definition) is 2. The maximum atomic E-state index is 12.1. The van der Waals surface area contributed by atoms with E-state index in [1.165, 1.54) is 12.8 Å². The standard InChI is InChI=1S/C14H16BrNO2/c15-12(9-5-6-9)7-16-14(17)11-8-18-13-4-2-1-3-10(11)13/h1-4,9,11-12H,5-8H2,(H,16,17). The van der Waals surface area contributed by atoms with Crippen LogP contribution in [0.5, 0.6) is 5.75 Å². The molecule has 1 aliphatic carbocycles. The van der Waals surface area contributed by atoms with Crippen molar-refractivity contribution in [1.82, 2.24) is 5.32 Å². The molecule has 1 aromatic rings. The monoisotopic (exact) mass is 309 g/mol. The van der Waals surface area contributed by atoms with Crippen molar-refractivity contribution < 1.29 is 9.53 Å². The van der Waals surface area contributed by atoms with Crippen molar-refractivity contribution in [2.75, 3.05) is 13.2 Å². The van der Waals surface area contributed by atoms with Crippen LogP contribution in [-0.4, -0.2) is 23.9 Å². The van der Waals surface area contributed by atoms with Gasteiger partial charge in [0.05, 0.1) is 0 Å². The maximum absolute atomic E-state index is 12.1. The molecule has 4 heteroatoms.